The molecule has 0 bridgehead atoms. The van der Waals surface area contributed by atoms with Crippen molar-refractivity contribution in [1.82, 2.24) is 14.9 Å². The number of anilines is 1. The van der Waals surface area contributed by atoms with E-state index in [1.165, 1.54) is 18.9 Å². The Morgan fingerprint density at radius 3 is 1.96 bits per heavy atom. The van der Waals surface area contributed by atoms with Crippen LogP contribution in [0.4, 0.5) is 5.95 Å². The van der Waals surface area contributed by atoms with E-state index in [1.807, 2.05) is 0 Å². The molecule has 0 unspecified atom stereocenters. The highest BCUT2D eigenvalue weighted by atomic mass is 35.6. The molecule has 1 saturated heterocycles. The Morgan fingerprint density at radius 2 is 1.48 bits per heavy atom. The smallest absolute Gasteiger partial charge is 0.232 e. The molecule has 0 radical (unpaired) electrons. The topological polar surface area (TPSA) is 41.1 Å². The number of hydrogen-bond donors (Lipinski definition) is 1. The fraction of sp³-hybridized carbons (Fsp3) is 0.692. The molecule has 1 N–H and O–H groups in total. The first-order valence-corrected chi connectivity index (χ1v) is 9.43. The number of alkyl halides is 6. The molecule has 0 spiro atoms. The second kappa shape index (κ2) is 8.31. The first kappa shape index (κ1) is 19.9. The van der Waals surface area contributed by atoms with Crippen LogP contribution in [0.5, 0.6) is 0 Å². The summed E-state index contributed by atoms with van der Waals surface area (Å²) in [6.45, 7) is 4.03. The molecule has 1 aromatic heterocycles. The van der Waals surface area contributed by atoms with Gasteiger partial charge in [-0.25, -0.2) is 9.97 Å². The summed E-state index contributed by atoms with van der Waals surface area (Å²) in [6.07, 6.45) is 3.49. The highest BCUT2D eigenvalue weighted by Gasteiger charge is 2.31. The maximum atomic E-state index is 5.88. The van der Waals surface area contributed by atoms with Gasteiger partial charge in [-0.3, -0.25) is 0 Å². The number of halogens is 6. The molecule has 1 aliphatic heterocycles. The van der Waals surface area contributed by atoms with Gasteiger partial charge in [-0.15, -0.1) is 0 Å². The van der Waals surface area contributed by atoms with Gasteiger partial charge in [0, 0.05) is 6.54 Å². The van der Waals surface area contributed by atoms with E-state index < -0.39 is 7.59 Å². The van der Waals surface area contributed by atoms with Crippen molar-refractivity contribution in [3.8, 4) is 0 Å². The quantitative estimate of drug-likeness (QED) is 0.515. The summed E-state index contributed by atoms with van der Waals surface area (Å²) in [7, 11) is 0. The zero-order valence-electron chi connectivity index (χ0n) is 12.1. The maximum Gasteiger partial charge on any atom is 0.232 e. The van der Waals surface area contributed by atoms with Crippen molar-refractivity contribution >= 4 is 75.6 Å². The Balaban J connectivity index is 2.01. The molecule has 0 saturated carbocycles. The molecule has 130 valence electrons. The third kappa shape index (κ3) is 6.43. The lowest BCUT2D eigenvalue weighted by Gasteiger charge is -2.18. The summed E-state index contributed by atoms with van der Waals surface area (Å²) in [5.74, 6) is 0.275. The summed E-state index contributed by atoms with van der Waals surface area (Å²) in [6, 6.07) is 1.37. The SMILES string of the molecule is ClC(Cl)(Cl)c1cc(C(Cl)(Cl)Cl)nc(NCCCN2CCCC2)n1. The third-order valence-electron chi connectivity index (χ3n) is 3.44. The molecular formula is C13H16Cl6N4. The van der Waals surface area contributed by atoms with Crippen LogP contribution in [0, 0.1) is 0 Å². The van der Waals surface area contributed by atoms with Crippen LogP contribution >= 0.6 is 69.6 Å². The zero-order chi connectivity index (χ0) is 17.1. The predicted molar refractivity (Wildman–Crippen MR) is 99.3 cm³/mol. The number of nitrogens with one attached hydrogen (secondary N) is 1. The molecule has 2 rings (SSSR count). The Bertz CT molecular complexity index is 490. The molecule has 10 heteroatoms. The van der Waals surface area contributed by atoms with E-state index in [4.69, 9.17) is 69.6 Å². The van der Waals surface area contributed by atoms with Gasteiger partial charge in [0.1, 0.15) is 0 Å². The summed E-state index contributed by atoms with van der Waals surface area (Å²) in [5, 5.41) is 3.09. The minimum Gasteiger partial charge on any atom is -0.354 e. The van der Waals surface area contributed by atoms with Crippen LogP contribution in [0.3, 0.4) is 0 Å². The Morgan fingerprint density at radius 1 is 0.957 bits per heavy atom. The van der Waals surface area contributed by atoms with Gasteiger partial charge in [-0.2, -0.15) is 0 Å². The molecule has 0 aromatic carbocycles. The van der Waals surface area contributed by atoms with E-state index >= 15 is 0 Å². The Hall–Kier alpha value is 0.580. The second-order valence-electron chi connectivity index (χ2n) is 5.29. The van der Waals surface area contributed by atoms with Gasteiger partial charge >= 0.3 is 0 Å². The van der Waals surface area contributed by atoms with Gasteiger partial charge in [-0.05, 0) is 45.0 Å². The van der Waals surface area contributed by atoms with Crippen LogP contribution in [-0.2, 0) is 7.59 Å². The van der Waals surface area contributed by atoms with E-state index in [1.54, 1.807) is 0 Å². The third-order valence-corrected chi connectivity index (χ3v) is 4.60. The number of rotatable bonds is 5. The lowest BCUT2D eigenvalue weighted by atomic mass is 10.3. The van der Waals surface area contributed by atoms with Gasteiger partial charge in [0.15, 0.2) is 0 Å². The zero-order valence-corrected chi connectivity index (χ0v) is 16.7. The summed E-state index contributed by atoms with van der Waals surface area (Å²) < 4.78 is -3.45. The fourth-order valence-electron chi connectivity index (χ4n) is 2.33. The lowest BCUT2D eigenvalue weighted by molar-refractivity contribution is 0.337. The summed E-state index contributed by atoms with van der Waals surface area (Å²) in [5.41, 5.74) is 0.307. The molecular weight excluding hydrogens is 425 g/mol. The van der Waals surface area contributed by atoms with Crippen molar-refractivity contribution < 1.29 is 0 Å². The van der Waals surface area contributed by atoms with Crippen molar-refractivity contribution in [2.24, 2.45) is 0 Å². The maximum absolute atomic E-state index is 5.88. The predicted octanol–water partition coefficient (Wildman–Crippen LogP) is 5.03. The number of nitrogens with zero attached hydrogens (tertiary/aromatic N) is 3. The van der Waals surface area contributed by atoms with Crippen molar-refractivity contribution in [3.05, 3.63) is 17.5 Å². The van der Waals surface area contributed by atoms with Crippen LogP contribution in [0.25, 0.3) is 0 Å². The van der Waals surface area contributed by atoms with E-state index in [0.29, 0.717) is 6.54 Å². The first-order chi connectivity index (χ1) is 10.7. The van der Waals surface area contributed by atoms with E-state index in [0.717, 1.165) is 26.1 Å². The minimum atomic E-state index is -1.72. The van der Waals surface area contributed by atoms with Gasteiger partial charge < -0.3 is 10.2 Å². The number of likely N-dealkylation sites (tertiary alicyclic amines) is 1. The summed E-state index contributed by atoms with van der Waals surface area (Å²) >= 11 is 35.3. The number of aromatic nitrogens is 2. The van der Waals surface area contributed by atoms with E-state index in [-0.39, 0.29) is 17.3 Å². The van der Waals surface area contributed by atoms with Crippen LogP contribution in [-0.4, -0.2) is 41.0 Å². The molecule has 0 atom stereocenters. The lowest BCUT2D eigenvalue weighted by Crippen LogP contribution is -2.23. The van der Waals surface area contributed by atoms with Crippen LogP contribution in [0.2, 0.25) is 0 Å². The largest absolute Gasteiger partial charge is 0.354 e. The fourth-order valence-corrected chi connectivity index (χ4v) is 2.91. The molecule has 0 aliphatic carbocycles. The van der Waals surface area contributed by atoms with E-state index in [9.17, 15) is 0 Å². The first-order valence-electron chi connectivity index (χ1n) is 7.16. The van der Waals surface area contributed by atoms with Crippen molar-refractivity contribution in [3.63, 3.8) is 0 Å². The van der Waals surface area contributed by atoms with Gasteiger partial charge in [0.2, 0.25) is 13.5 Å². The van der Waals surface area contributed by atoms with Crippen molar-refractivity contribution in [1.29, 1.82) is 0 Å². The van der Waals surface area contributed by atoms with Crippen LogP contribution in [0.1, 0.15) is 30.7 Å². The molecule has 23 heavy (non-hydrogen) atoms. The number of hydrogen-bond acceptors (Lipinski definition) is 4. The average molecular weight is 441 g/mol. The standard InChI is InChI=1S/C13H16Cl6N4/c14-12(15,16)9-8-10(13(17,18)19)22-11(21-9)20-4-3-7-23-5-1-2-6-23/h8H,1-7H2,(H,20,21,22). The van der Waals surface area contributed by atoms with Crippen molar-refractivity contribution in [2.45, 2.75) is 26.8 Å². The summed E-state index contributed by atoms with van der Waals surface area (Å²) in [4.78, 5) is 10.8. The Labute approximate surface area is 165 Å². The minimum absolute atomic E-state index is 0.154. The average Bonchev–Trinajstić information content (AvgIpc) is 2.94. The molecule has 1 aromatic rings. The van der Waals surface area contributed by atoms with Crippen LogP contribution in [0.15, 0.2) is 6.07 Å². The second-order valence-corrected chi connectivity index (χ2v) is 9.85. The normalized spacial score (nSPS) is 16.8. The van der Waals surface area contributed by atoms with E-state index in [2.05, 4.69) is 20.2 Å². The molecule has 1 fully saturated rings. The van der Waals surface area contributed by atoms with Crippen molar-refractivity contribution in [2.75, 3.05) is 31.5 Å². The van der Waals surface area contributed by atoms with Gasteiger partial charge in [0.25, 0.3) is 0 Å². The molecule has 2 heterocycles. The Kier molecular flexibility index (Phi) is 7.19. The highest BCUT2D eigenvalue weighted by Crippen LogP contribution is 2.42. The molecule has 1 aliphatic rings. The monoisotopic (exact) mass is 438 g/mol. The van der Waals surface area contributed by atoms with Gasteiger partial charge in [-0.1, -0.05) is 69.6 Å². The highest BCUT2D eigenvalue weighted by molar-refractivity contribution is 6.67. The van der Waals surface area contributed by atoms with Crippen LogP contribution < -0.4 is 5.32 Å². The molecule has 4 nitrogen and oxygen atoms in total. The molecule has 0 amide bonds. The van der Waals surface area contributed by atoms with Gasteiger partial charge in [0.05, 0.1) is 11.4 Å².